The molecular formula is C20H24N2O2S. The number of methoxy groups -OCH3 is 1. The summed E-state index contributed by atoms with van der Waals surface area (Å²) >= 11 is 1.83. The van der Waals surface area contributed by atoms with E-state index in [2.05, 4.69) is 22.5 Å². The summed E-state index contributed by atoms with van der Waals surface area (Å²) in [5, 5.41) is 3.07. The van der Waals surface area contributed by atoms with Crippen LogP contribution in [-0.2, 0) is 6.42 Å². The highest BCUT2D eigenvalue weighted by Gasteiger charge is 2.15. The standard InChI is InChI=1S/C20H24N2O2S/c1-14-9-10-22-19-16(21)13-17(23-2)20(18(14)19)24-11-5-3-4-7-15-8-6-12-25-15/h6,8-10,12-13H,3-5,7,11,21H2,1-2H3. The van der Waals surface area contributed by atoms with Gasteiger partial charge in [-0.15, -0.1) is 11.3 Å². The Kier molecular flexibility index (Phi) is 5.76. The van der Waals surface area contributed by atoms with E-state index < -0.39 is 0 Å². The molecule has 25 heavy (non-hydrogen) atoms. The number of ether oxygens (including phenoxy) is 2. The van der Waals surface area contributed by atoms with Gasteiger partial charge in [0, 0.05) is 17.1 Å². The third-order valence-electron chi connectivity index (χ3n) is 4.28. The predicted molar refractivity (Wildman–Crippen MR) is 105 cm³/mol. The molecule has 3 rings (SSSR count). The fraction of sp³-hybridized carbons (Fsp3) is 0.350. The molecule has 5 heteroatoms. The SMILES string of the molecule is COc1cc(N)c2nccc(C)c2c1OCCCCCc1cccs1. The Morgan fingerprint density at radius 2 is 2.08 bits per heavy atom. The lowest BCUT2D eigenvalue weighted by Crippen LogP contribution is -2.03. The van der Waals surface area contributed by atoms with Crippen LogP contribution in [0.25, 0.3) is 10.9 Å². The first kappa shape index (κ1) is 17.5. The first-order valence-corrected chi connectivity index (χ1v) is 9.45. The summed E-state index contributed by atoms with van der Waals surface area (Å²) in [5.41, 5.74) is 8.58. The van der Waals surface area contributed by atoms with Crippen molar-refractivity contribution < 1.29 is 9.47 Å². The van der Waals surface area contributed by atoms with Gasteiger partial charge in [-0.05, 0) is 55.7 Å². The number of aryl methyl sites for hydroxylation is 2. The second-order valence-corrected chi connectivity index (χ2v) is 7.12. The van der Waals surface area contributed by atoms with E-state index in [1.54, 1.807) is 19.4 Å². The van der Waals surface area contributed by atoms with Crippen molar-refractivity contribution in [3.8, 4) is 11.5 Å². The fourth-order valence-electron chi connectivity index (χ4n) is 2.96. The van der Waals surface area contributed by atoms with Crippen LogP contribution in [0.2, 0.25) is 0 Å². The minimum atomic E-state index is 0.610. The Morgan fingerprint density at radius 3 is 2.84 bits per heavy atom. The summed E-state index contributed by atoms with van der Waals surface area (Å²) in [6, 6.07) is 8.07. The molecule has 2 aromatic heterocycles. The molecule has 0 radical (unpaired) electrons. The van der Waals surface area contributed by atoms with Crippen molar-refractivity contribution in [1.29, 1.82) is 0 Å². The zero-order chi connectivity index (χ0) is 17.6. The Labute approximate surface area is 152 Å². The molecule has 0 spiro atoms. The third kappa shape index (κ3) is 4.04. The van der Waals surface area contributed by atoms with Crippen molar-refractivity contribution in [2.24, 2.45) is 0 Å². The van der Waals surface area contributed by atoms with Crippen molar-refractivity contribution in [2.45, 2.75) is 32.6 Å². The number of hydrogen-bond acceptors (Lipinski definition) is 5. The van der Waals surface area contributed by atoms with E-state index in [9.17, 15) is 0 Å². The summed E-state index contributed by atoms with van der Waals surface area (Å²) in [7, 11) is 1.64. The van der Waals surface area contributed by atoms with Gasteiger partial charge in [-0.2, -0.15) is 0 Å². The molecular weight excluding hydrogens is 332 g/mol. The van der Waals surface area contributed by atoms with Crippen LogP contribution in [0.4, 0.5) is 5.69 Å². The average Bonchev–Trinajstić information content (AvgIpc) is 3.13. The fourth-order valence-corrected chi connectivity index (χ4v) is 3.72. The number of pyridine rings is 1. The predicted octanol–water partition coefficient (Wildman–Crippen LogP) is 4.99. The van der Waals surface area contributed by atoms with Crippen LogP contribution in [0.15, 0.2) is 35.8 Å². The molecule has 0 bridgehead atoms. The number of hydrogen-bond donors (Lipinski definition) is 1. The lowest BCUT2D eigenvalue weighted by atomic mass is 10.1. The number of nitrogens with two attached hydrogens (primary N) is 1. The monoisotopic (exact) mass is 356 g/mol. The van der Waals surface area contributed by atoms with E-state index in [-0.39, 0.29) is 0 Å². The number of anilines is 1. The van der Waals surface area contributed by atoms with Gasteiger partial charge in [-0.25, -0.2) is 0 Å². The molecule has 0 amide bonds. The maximum Gasteiger partial charge on any atom is 0.170 e. The summed E-state index contributed by atoms with van der Waals surface area (Å²) in [5.74, 6) is 1.41. The molecule has 0 saturated carbocycles. The zero-order valence-electron chi connectivity index (χ0n) is 14.7. The van der Waals surface area contributed by atoms with Crippen molar-refractivity contribution in [3.05, 3.63) is 46.3 Å². The summed E-state index contributed by atoms with van der Waals surface area (Å²) in [4.78, 5) is 5.86. The third-order valence-corrected chi connectivity index (χ3v) is 5.22. The molecule has 0 fully saturated rings. The number of nitrogens with zero attached hydrogens (tertiary/aromatic N) is 1. The molecule has 132 valence electrons. The molecule has 1 aromatic carbocycles. The summed E-state index contributed by atoms with van der Waals surface area (Å²) in [6.07, 6.45) is 6.26. The van der Waals surface area contributed by atoms with E-state index in [4.69, 9.17) is 15.2 Å². The quantitative estimate of drug-likeness (QED) is 0.456. The van der Waals surface area contributed by atoms with Crippen LogP contribution >= 0.6 is 11.3 Å². The van der Waals surface area contributed by atoms with Gasteiger partial charge in [0.2, 0.25) is 0 Å². The lowest BCUT2D eigenvalue weighted by Gasteiger charge is -2.16. The van der Waals surface area contributed by atoms with Gasteiger partial charge in [0.05, 0.1) is 30.3 Å². The Balaban J connectivity index is 1.65. The largest absolute Gasteiger partial charge is 0.493 e. The van der Waals surface area contributed by atoms with Crippen LogP contribution < -0.4 is 15.2 Å². The molecule has 3 aromatic rings. The van der Waals surface area contributed by atoms with Crippen LogP contribution in [0.3, 0.4) is 0 Å². The maximum atomic E-state index is 6.11. The molecule has 4 nitrogen and oxygen atoms in total. The van der Waals surface area contributed by atoms with Gasteiger partial charge < -0.3 is 15.2 Å². The molecule has 0 saturated heterocycles. The Bertz CT molecular complexity index is 831. The first-order valence-electron chi connectivity index (χ1n) is 8.57. The van der Waals surface area contributed by atoms with Gasteiger partial charge >= 0.3 is 0 Å². The molecule has 0 atom stereocenters. The second kappa shape index (κ2) is 8.21. The molecule has 0 aliphatic carbocycles. The van der Waals surface area contributed by atoms with Gasteiger partial charge in [-0.1, -0.05) is 6.07 Å². The Hall–Kier alpha value is -2.27. The number of thiophene rings is 1. The highest BCUT2D eigenvalue weighted by atomic mass is 32.1. The molecule has 0 unspecified atom stereocenters. The van der Waals surface area contributed by atoms with Gasteiger partial charge in [0.25, 0.3) is 0 Å². The maximum absolute atomic E-state index is 6.11. The summed E-state index contributed by atoms with van der Waals surface area (Å²) < 4.78 is 11.6. The van der Waals surface area contributed by atoms with Crippen molar-refractivity contribution >= 4 is 27.9 Å². The second-order valence-electron chi connectivity index (χ2n) is 6.09. The van der Waals surface area contributed by atoms with E-state index in [1.807, 2.05) is 24.3 Å². The van der Waals surface area contributed by atoms with Crippen molar-refractivity contribution in [2.75, 3.05) is 19.5 Å². The highest BCUT2D eigenvalue weighted by molar-refractivity contribution is 7.09. The van der Waals surface area contributed by atoms with Crippen molar-refractivity contribution in [3.63, 3.8) is 0 Å². The minimum absolute atomic E-state index is 0.610. The van der Waals surface area contributed by atoms with Crippen LogP contribution in [-0.4, -0.2) is 18.7 Å². The van der Waals surface area contributed by atoms with Gasteiger partial charge in [0.1, 0.15) is 0 Å². The number of unbranched alkanes of at least 4 members (excludes halogenated alkanes) is 2. The average molecular weight is 356 g/mol. The molecule has 2 heterocycles. The molecule has 0 aliphatic heterocycles. The number of benzene rings is 1. The van der Waals surface area contributed by atoms with Crippen molar-refractivity contribution in [1.82, 2.24) is 4.98 Å². The number of nitrogen functional groups attached to an aromatic ring is 1. The molecule has 0 aliphatic rings. The highest BCUT2D eigenvalue weighted by Crippen LogP contribution is 2.40. The van der Waals surface area contributed by atoms with Gasteiger partial charge in [-0.3, -0.25) is 4.98 Å². The Morgan fingerprint density at radius 1 is 1.20 bits per heavy atom. The van der Waals surface area contributed by atoms with Crippen LogP contribution in [0.1, 0.15) is 29.7 Å². The van der Waals surface area contributed by atoms with Gasteiger partial charge in [0.15, 0.2) is 11.5 Å². The number of rotatable bonds is 8. The van der Waals surface area contributed by atoms with E-state index in [1.165, 1.54) is 11.3 Å². The van der Waals surface area contributed by atoms with E-state index in [0.717, 1.165) is 41.5 Å². The van der Waals surface area contributed by atoms with E-state index >= 15 is 0 Å². The number of aromatic nitrogens is 1. The topological polar surface area (TPSA) is 57.4 Å². The molecule has 2 N–H and O–H groups in total. The minimum Gasteiger partial charge on any atom is -0.493 e. The van der Waals surface area contributed by atoms with E-state index in [0.29, 0.717) is 18.0 Å². The number of fused-ring (bicyclic) bond motifs is 1. The lowest BCUT2D eigenvalue weighted by molar-refractivity contribution is 0.289. The normalized spacial score (nSPS) is 11.0. The zero-order valence-corrected chi connectivity index (χ0v) is 15.6. The smallest absolute Gasteiger partial charge is 0.170 e. The van der Waals surface area contributed by atoms with Crippen LogP contribution in [0.5, 0.6) is 11.5 Å². The summed E-state index contributed by atoms with van der Waals surface area (Å²) in [6.45, 7) is 2.70. The van der Waals surface area contributed by atoms with Crippen LogP contribution in [0, 0.1) is 6.92 Å². The first-order chi connectivity index (χ1) is 12.2.